The van der Waals surface area contributed by atoms with Crippen LogP contribution in [0.5, 0.6) is 11.8 Å². The monoisotopic (exact) mass is 593 g/mol. The first-order chi connectivity index (χ1) is 21.4. The Hall–Kier alpha value is -4.62. The Labute approximate surface area is 258 Å². The minimum absolute atomic E-state index is 0.159. The van der Waals surface area contributed by atoms with Crippen LogP contribution in [0, 0.1) is 6.57 Å². The number of hydrogen-bond donors (Lipinski definition) is 1. The van der Waals surface area contributed by atoms with E-state index in [9.17, 15) is 9.90 Å². The van der Waals surface area contributed by atoms with Crippen LogP contribution < -0.4 is 9.64 Å². The van der Waals surface area contributed by atoms with Crippen molar-refractivity contribution in [3.05, 3.63) is 77.8 Å². The fourth-order valence-electron chi connectivity index (χ4n) is 6.69. The van der Waals surface area contributed by atoms with E-state index in [0.29, 0.717) is 51.3 Å². The van der Waals surface area contributed by atoms with Crippen LogP contribution >= 0.6 is 0 Å². The maximum Gasteiger partial charge on any atom is 0.319 e. The molecular weight excluding hydrogens is 554 g/mol. The van der Waals surface area contributed by atoms with Gasteiger partial charge in [-0.2, -0.15) is 9.97 Å². The predicted molar refractivity (Wildman–Crippen MR) is 172 cm³/mol. The van der Waals surface area contributed by atoms with Crippen LogP contribution in [0.1, 0.15) is 30.9 Å². The van der Waals surface area contributed by atoms with E-state index in [1.54, 1.807) is 11.0 Å². The third kappa shape index (κ3) is 5.67. The van der Waals surface area contributed by atoms with Crippen LogP contribution in [0.25, 0.3) is 26.7 Å². The van der Waals surface area contributed by atoms with Crippen LogP contribution in [0.2, 0.25) is 0 Å². The van der Waals surface area contributed by atoms with Gasteiger partial charge >= 0.3 is 6.01 Å². The number of aromatic nitrogens is 3. The van der Waals surface area contributed by atoms with Crippen LogP contribution in [-0.4, -0.2) is 93.8 Å². The summed E-state index contributed by atoms with van der Waals surface area (Å²) < 4.78 is 8.49. The molecule has 44 heavy (non-hydrogen) atoms. The van der Waals surface area contributed by atoms with Crippen LogP contribution in [-0.2, 0) is 17.8 Å². The number of carbonyl (C=O) groups excluding carboxylic acids is 1. The molecule has 10 heteroatoms. The molecule has 6 rings (SSSR count). The van der Waals surface area contributed by atoms with Gasteiger partial charge in [0.15, 0.2) is 5.82 Å². The summed E-state index contributed by atoms with van der Waals surface area (Å²) in [7, 11) is 2.12. The minimum atomic E-state index is -0.281. The summed E-state index contributed by atoms with van der Waals surface area (Å²) in [6.45, 7) is 17.3. The molecule has 0 aliphatic carbocycles. The van der Waals surface area contributed by atoms with Gasteiger partial charge in [0.25, 0.3) is 0 Å². The van der Waals surface area contributed by atoms with E-state index < -0.39 is 0 Å². The summed E-state index contributed by atoms with van der Waals surface area (Å²) in [5, 5.41) is 12.6. The fraction of sp³-hybridized carbons (Fsp3) is 0.412. The highest BCUT2D eigenvalue weighted by atomic mass is 16.5. The topological polar surface area (TPSA) is 91.3 Å². The number of benzene rings is 2. The van der Waals surface area contributed by atoms with Gasteiger partial charge < -0.3 is 34.0 Å². The number of nitrogens with zero attached hydrogens (tertiary/aromatic N) is 7. The highest BCUT2D eigenvalue weighted by molar-refractivity contribution is 5.92. The smallest absolute Gasteiger partial charge is 0.319 e. The van der Waals surface area contributed by atoms with Gasteiger partial charge in [0, 0.05) is 50.4 Å². The quantitative estimate of drug-likeness (QED) is 0.226. The van der Waals surface area contributed by atoms with E-state index in [2.05, 4.69) is 52.0 Å². The zero-order valence-corrected chi connectivity index (χ0v) is 25.4. The van der Waals surface area contributed by atoms with Crippen molar-refractivity contribution in [3.63, 3.8) is 0 Å². The maximum atomic E-state index is 12.6. The van der Waals surface area contributed by atoms with Gasteiger partial charge in [-0.05, 0) is 67.9 Å². The lowest BCUT2D eigenvalue weighted by Gasteiger charge is -2.39. The molecule has 4 aromatic rings. The lowest BCUT2D eigenvalue weighted by atomic mass is 9.99. The van der Waals surface area contributed by atoms with Crippen LogP contribution in [0.15, 0.2) is 55.3 Å². The number of likely N-dealkylation sites (N-methyl/N-ethyl adjacent to an activating group) is 1. The molecule has 0 unspecified atom stereocenters. The molecule has 10 nitrogen and oxygen atoms in total. The van der Waals surface area contributed by atoms with Crippen molar-refractivity contribution in [3.8, 4) is 11.8 Å². The van der Waals surface area contributed by atoms with E-state index in [4.69, 9.17) is 21.3 Å². The van der Waals surface area contributed by atoms with Gasteiger partial charge in [0.05, 0.1) is 0 Å². The number of phenols is 1. The average Bonchev–Trinajstić information content (AvgIpc) is 3.61. The van der Waals surface area contributed by atoms with Crippen LogP contribution in [0.3, 0.4) is 0 Å². The average molecular weight is 594 g/mol. The Kier molecular flexibility index (Phi) is 8.40. The predicted octanol–water partition coefficient (Wildman–Crippen LogP) is 4.50. The number of phenolic OH excluding ortho intramolecular Hbond substituents is 1. The Balaban J connectivity index is 1.44. The summed E-state index contributed by atoms with van der Waals surface area (Å²) in [6.07, 6.45) is 6.24. The number of anilines is 1. The summed E-state index contributed by atoms with van der Waals surface area (Å²) in [6, 6.07) is 12.1. The Morgan fingerprint density at radius 2 is 2.02 bits per heavy atom. The largest absolute Gasteiger partial charge is 0.508 e. The Morgan fingerprint density at radius 3 is 2.77 bits per heavy atom. The molecule has 2 aliphatic heterocycles. The van der Waals surface area contributed by atoms with Gasteiger partial charge in [-0.15, -0.1) is 0 Å². The Morgan fingerprint density at radius 1 is 1.18 bits per heavy atom. The van der Waals surface area contributed by atoms with Gasteiger partial charge in [-0.1, -0.05) is 30.8 Å². The summed E-state index contributed by atoms with van der Waals surface area (Å²) in [5.74, 6) is 0.823. The normalized spacial score (nSPS) is 19.0. The van der Waals surface area contributed by atoms with Crippen molar-refractivity contribution >= 4 is 33.5 Å². The molecule has 2 aliphatic rings. The summed E-state index contributed by atoms with van der Waals surface area (Å²) in [4.78, 5) is 32.5. The summed E-state index contributed by atoms with van der Waals surface area (Å²) in [5.41, 5.74) is 3.75. The molecule has 228 valence electrons. The number of piperazine rings is 1. The second-order valence-electron chi connectivity index (χ2n) is 11.7. The van der Waals surface area contributed by atoms with Gasteiger partial charge in [0.1, 0.15) is 29.4 Å². The van der Waals surface area contributed by atoms with Crippen molar-refractivity contribution < 1.29 is 14.6 Å². The molecule has 0 bridgehead atoms. The third-order valence-electron chi connectivity index (χ3n) is 9.02. The number of fused-ring (bicyclic) bond motifs is 2. The Bertz CT molecular complexity index is 1740. The molecule has 0 radical (unpaired) electrons. The molecule has 2 saturated heterocycles. The standard InChI is InChI=1S/C34H39N7O3/c1-5-30(43)41-15-14-40(21-27(41)19-35-3)33-32-31(36-34(37-33)44-22-26-11-9-13-38(26)4)25(20-39(32)6-2)16-24-18-28(42)17-23-10-7-8-12-29(23)24/h5,7-8,10,12,17-18,20,26-27,42H,1,6,9,11,13-16,19,21-22H2,2,4H3/t26-,27-/m0/s1. The highest BCUT2D eigenvalue weighted by Crippen LogP contribution is 2.35. The zero-order valence-electron chi connectivity index (χ0n) is 25.4. The number of carbonyl (C=O) groups is 1. The number of rotatable bonds is 9. The second-order valence-corrected chi connectivity index (χ2v) is 11.7. The second kappa shape index (κ2) is 12.5. The maximum absolute atomic E-state index is 12.6. The van der Waals surface area contributed by atoms with E-state index in [1.165, 1.54) is 6.08 Å². The molecule has 0 spiro atoms. The van der Waals surface area contributed by atoms with Crippen molar-refractivity contribution in [2.45, 2.75) is 44.8 Å². The lowest BCUT2D eigenvalue weighted by Crippen LogP contribution is -2.56. The molecule has 4 heterocycles. The van der Waals surface area contributed by atoms with E-state index in [-0.39, 0.29) is 24.2 Å². The SMILES string of the molecule is [C-]#[N+]C[C@H]1CN(c2nc(OC[C@@H]3CCCN3C)nc3c(Cc4cc(O)cc5ccccc45)cn(CC)c23)CCN1C(=O)C=C. The van der Waals surface area contributed by atoms with Crippen molar-refractivity contribution in [1.29, 1.82) is 0 Å². The number of hydrogen-bond acceptors (Lipinski definition) is 7. The fourth-order valence-corrected chi connectivity index (χ4v) is 6.69. The number of amides is 1. The van der Waals surface area contributed by atoms with E-state index in [0.717, 1.165) is 58.1 Å². The van der Waals surface area contributed by atoms with E-state index in [1.807, 2.05) is 24.3 Å². The minimum Gasteiger partial charge on any atom is -0.508 e. The molecule has 2 aromatic carbocycles. The van der Waals surface area contributed by atoms with Crippen molar-refractivity contribution in [2.75, 3.05) is 51.3 Å². The highest BCUT2D eigenvalue weighted by Gasteiger charge is 2.34. The van der Waals surface area contributed by atoms with Gasteiger partial charge in [-0.25, -0.2) is 6.57 Å². The van der Waals surface area contributed by atoms with E-state index >= 15 is 0 Å². The lowest BCUT2D eigenvalue weighted by molar-refractivity contribution is -0.128. The number of likely N-dealkylation sites (tertiary alicyclic amines) is 1. The summed E-state index contributed by atoms with van der Waals surface area (Å²) >= 11 is 0. The first kappa shape index (κ1) is 29.5. The van der Waals surface area contributed by atoms with Crippen LogP contribution in [0.4, 0.5) is 5.82 Å². The first-order valence-electron chi connectivity index (χ1n) is 15.3. The molecular formula is C34H39N7O3. The van der Waals surface area contributed by atoms with Crippen molar-refractivity contribution in [1.82, 2.24) is 24.3 Å². The molecule has 2 aromatic heterocycles. The molecule has 2 atom stereocenters. The number of ether oxygens (including phenoxy) is 1. The van der Waals surface area contributed by atoms with Crippen molar-refractivity contribution in [2.24, 2.45) is 0 Å². The number of aromatic hydroxyl groups is 1. The molecule has 0 saturated carbocycles. The number of aryl methyl sites for hydroxylation is 1. The third-order valence-corrected chi connectivity index (χ3v) is 9.02. The molecule has 1 amide bonds. The molecule has 2 fully saturated rings. The zero-order chi connectivity index (χ0) is 30.8. The molecule has 1 N–H and O–H groups in total. The van der Waals surface area contributed by atoms with Gasteiger partial charge in [0.2, 0.25) is 12.5 Å². The first-order valence-corrected chi connectivity index (χ1v) is 15.3. The van der Waals surface area contributed by atoms with Gasteiger partial charge in [-0.3, -0.25) is 4.79 Å².